The summed E-state index contributed by atoms with van der Waals surface area (Å²) < 4.78 is 1.82. The lowest BCUT2D eigenvalue weighted by molar-refractivity contribution is -0.125. The van der Waals surface area contributed by atoms with Gasteiger partial charge in [-0.15, -0.1) is 15.3 Å². The van der Waals surface area contributed by atoms with Crippen LogP contribution >= 0.6 is 0 Å². The first-order valence-electron chi connectivity index (χ1n) is 12.4. The molecule has 3 heterocycles. The van der Waals surface area contributed by atoms with Crippen LogP contribution in [0.15, 0.2) is 36.4 Å². The summed E-state index contributed by atoms with van der Waals surface area (Å²) in [6.45, 7) is 14.1. The van der Waals surface area contributed by atoms with Crippen LogP contribution in [0.5, 0.6) is 0 Å². The van der Waals surface area contributed by atoms with Crippen molar-refractivity contribution in [3.63, 3.8) is 0 Å². The Bertz CT molecular complexity index is 1110. The Hall–Kier alpha value is -3.00. The molecule has 4 rings (SSSR count). The summed E-state index contributed by atoms with van der Waals surface area (Å²) in [5.74, 6) is 1.87. The monoisotopic (exact) mass is 463 g/mol. The van der Waals surface area contributed by atoms with Crippen molar-refractivity contribution < 1.29 is 4.79 Å². The van der Waals surface area contributed by atoms with E-state index in [2.05, 4.69) is 72.1 Å². The lowest BCUT2D eigenvalue weighted by atomic mass is 9.96. The lowest BCUT2D eigenvalue weighted by Crippen LogP contribution is -2.45. The number of rotatable bonds is 8. The van der Waals surface area contributed by atoms with E-state index in [1.54, 1.807) is 0 Å². The zero-order valence-corrected chi connectivity index (χ0v) is 21.0. The highest BCUT2D eigenvalue weighted by atomic mass is 16.1. The highest BCUT2D eigenvalue weighted by Gasteiger charge is 2.26. The first-order chi connectivity index (χ1) is 16.3. The van der Waals surface area contributed by atoms with Gasteiger partial charge in [0.1, 0.15) is 5.82 Å². The van der Waals surface area contributed by atoms with Gasteiger partial charge < -0.3 is 10.2 Å². The number of amides is 1. The number of carbonyl (C=O) groups is 1. The van der Waals surface area contributed by atoms with Crippen LogP contribution in [0.4, 0.5) is 5.82 Å². The quantitative estimate of drug-likeness (QED) is 0.550. The molecule has 0 atom stereocenters. The maximum Gasteiger partial charge on any atom is 0.223 e. The topological polar surface area (TPSA) is 78.7 Å². The zero-order chi connectivity index (χ0) is 24.2. The van der Waals surface area contributed by atoms with Gasteiger partial charge in [0.2, 0.25) is 5.91 Å². The summed E-state index contributed by atoms with van der Waals surface area (Å²) in [6.07, 6.45) is 1.66. The standard InChI is InChI=1S/C26H37N7O/c1-18(2)32(19(3)4)16-13-27-26(34)21-11-14-31(15-12-21)24-10-9-23-28-29-25(33(23)30-24)22-8-6-7-20(5)17-22/h6-10,17-19,21H,11-16H2,1-5H3,(H,27,34). The normalized spacial score (nSPS) is 15.1. The molecule has 1 amide bonds. The van der Waals surface area contributed by atoms with Crippen molar-refractivity contribution in [3.05, 3.63) is 42.0 Å². The van der Waals surface area contributed by atoms with Crippen molar-refractivity contribution in [3.8, 4) is 11.4 Å². The van der Waals surface area contributed by atoms with Crippen LogP contribution in [-0.2, 0) is 4.79 Å². The third kappa shape index (κ3) is 5.38. The molecule has 1 aromatic carbocycles. The number of nitrogens with zero attached hydrogens (tertiary/aromatic N) is 6. The van der Waals surface area contributed by atoms with E-state index in [1.165, 1.54) is 5.56 Å². The lowest BCUT2D eigenvalue weighted by Gasteiger charge is -2.33. The Morgan fingerprint density at radius 2 is 1.82 bits per heavy atom. The van der Waals surface area contributed by atoms with Crippen molar-refractivity contribution in [2.45, 2.75) is 59.5 Å². The summed E-state index contributed by atoms with van der Waals surface area (Å²) >= 11 is 0. The maximum absolute atomic E-state index is 12.7. The van der Waals surface area contributed by atoms with Crippen LogP contribution in [0.1, 0.15) is 46.1 Å². The second kappa shape index (κ2) is 10.5. The number of aromatic nitrogens is 4. The minimum atomic E-state index is 0.0595. The van der Waals surface area contributed by atoms with Gasteiger partial charge in [0, 0.05) is 49.7 Å². The van der Waals surface area contributed by atoms with Crippen LogP contribution in [0.3, 0.4) is 0 Å². The highest BCUT2D eigenvalue weighted by molar-refractivity contribution is 5.79. The van der Waals surface area contributed by atoms with Crippen LogP contribution in [-0.4, -0.2) is 68.9 Å². The molecule has 0 unspecified atom stereocenters. The molecule has 8 heteroatoms. The third-order valence-electron chi connectivity index (χ3n) is 6.71. The fourth-order valence-electron chi connectivity index (χ4n) is 4.85. The molecule has 182 valence electrons. The van der Waals surface area contributed by atoms with Crippen molar-refractivity contribution in [2.75, 3.05) is 31.1 Å². The van der Waals surface area contributed by atoms with E-state index in [0.717, 1.165) is 55.3 Å². The second-order valence-electron chi connectivity index (χ2n) is 9.83. The fraction of sp³-hybridized carbons (Fsp3) is 0.538. The van der Waals surface area contributed by atoms with Gasteiger partial charge in [-0.2, -0.15) is 4.52 Å². The average Bonchev–Trinajstić information content (AvgIpc) is 3.24. The molecular weight excluding hydrogens is 426 g/mol. The van der Waals surface area contributed by atoms with Crippen molar-refractivity contribution >= 4 is 17.4 Å². The number of hydrogen-bond acceptors (Lipinski definition) is 6. The molecular formula is C26H37N7O. The molecule has 1 aliphatic heterocycles. The molecule has 8 nitrogen and oxygen atoms in total. The minimum absolute atomic E-state index is 0.0595. The Morgan fingerprint density at radius 1 is 1.09 bits per heavy atom. The smallest absolute Gasteiger partial charge is 0.223 e. The van der Waals surface area contributed by atoms with Gasteiger partial charge in [-0.25, -0.2) is 0 Å². The summed E-state index contributed by atoms with van der Waals surface area (Å²) in [6, 6.07) is 13.1. The van der Waals surface area contributed by atoms with Gasteiger partial charge in [0.05, 0.1) is 0 Å². The molecule has 0 aliphatic carbocycles. The number of hydrogen-bond donors (Lipinski definition) is 1. The van der Waals surface area contributed by atoms with Gasteiger partial charge in [0.15, 0.2) is 11.5 Å². The molecule has 34 heavy (non-hydrogen) atoms. The van der Waals surface area contributed by atoms with Gasteiger partial charge in [0.25, 0.3) is 0 Å². The van der Waals surface area contributed by atoms with Crippen molar-refractivity contribution in [1.82, 2.24) is 30.0 Å². The number of nitrogens with one attached hydrogen (secondary N) is 1. The molecule has 1 N–H and O–H groups in total. The summed E-state index contributed by atoms with van der Waals surface area (Å²) in [4.78, 5) is 17.4. The van der Waals surface area contributed by atoms with E-state index in [9.17, 15) is 4.79 Å². The molecule has 1 aliphatic rings. The number of fused-ring (bicyclic) bond motifs is 1. The molecule has 0 saturated carbocycles. The molecule has 1 saturated heterocycles. The van der Waals surface area contributed by atoms with E-state index in [0.29, 0.717) is 18.6 Å². The maximum atomic E-state index is 12.7. The largest absolute Gasteiger partial charge is 0.355 e. The van der Waals surface area contributed by atoms with Gasteiger partial charge in [-0.3, -0.25) is 9.69 Å². The summed E-state index contributed by atoms with van der Waals surface area (Å²) in [5, 5.41) is 16.7. The van der Waals surface area contributed by atoms with E-state index in [4.69, 9.17) is 5.10 Å². The SMILES string of the molecule is Cc1cccc(-c2nnc3ccc(N4CCC(C(=O)NCCN(C(C)C)C(C)C)CC4)nn23)c1. The number of carbonyl (C=O) groups excluding carboxylic acids is 1. The first kappa shape index (κ1) is 24.1. The zero-order valence-electron chi connectivity index (χ0n) is 21.0. The van der Waals surface area contributed by atoms with Crippen molar-refractivity contribution in [1.29, 1.82) is 0 Å². The number of piperidine rings is 1. The average molecular weight is 464 g/mol. The summed E-state index contributed by atoms with van der Waals surface area (Å²) in [7, 11) is 0. The minimum Gasteiger partial charge on any atom is -0.355 e. The van der Waals surface area contributed by atoms with Crippen LogP contribution < -0.4 is 10.2 Å². The number of anilines is 1. The molecule has 3 aromatic rings. The van der Waals surface area contributed by atoms with E-state index >= 15 is 0 Å². The Balaban J connectivity index is 1.36. The van der Waals surface area contributed by atoms with Crippen LogP contribution in [0.2, 0.25) is 0 Å². The number of benzene rings is 1. The van der Waals surface area contributed by atoms with Gasteiger partial charge in [-0.05, 0) is 65.7 Å². The Morgan fingerprint density at radius 3 is 2.50 bits per heavy atom. The van der Waals surface area contributed by atoms with Gasteiger partial charge >= 0.3 is 0 Å². The van der Waals surface area contributed by atoms with Crippen LogP contribution in [0.25, 0.3) is 17.0 Å². The molecule has 0 radical (unpaired) electrons. The molecule has 0 bridgehead atoms. The second-order valence-corrected chi connectivity index (χ2v) is 9.83. The van der Waals surface area contributed by atoms with Gasteiger partial charge in [-0.1, -0.05) is 23.8 Å². The fourth-order valence-corrected chi connectivity index (χ4v) is 4.85. The Labute approximate surface area is 202 Å². The summed E-state index contributed by atoms with van der Waals surface area (Å²) in [5.41, 5.74) is 2.90. The number of aryl methyl sites for hydroxylation is 1. The Kier molecular flexibility index (Phi) is 7.46. The third-order valence-corrected chi connectivity index (χ3v) is 6.71. The van der Waals surface area contributed by atoms with E-state index < -0.39 is 0 Å². The molecule has 2 aromatic heterocycles. The van der Waals surface area contributed by atoms with Crippen molar-refractivity contribution in [2.24, 2.45) is 5.92 Å². The predicted molar refractivity (Wildman–Crippen MR) is 136 cm³/mol. The molecule has 0 spiro atoms. The van der Waals surface area contributed by atoms with E-state index in [1.807, 2.05) is 28.8 Å². The van der Waals surface area contributed by atoms with Crippen LogP contribution in [0, 0.1) is 12.8 Å². The van der Waals surface area contributed by atoms with E-state index in [-0.39, 0.29) is 11.8 Å². The predicted octanol–water partition coefficient (Wildman–Crippen LogP) is 3.55. The highest BCUT2D eigenvalue weighted by Crippen LogP contribution is 2.24. The first-order valence-corrected chi connectivity index (χ1v) is 12.4. The molecule has 1 fully saturated rings.